The average molecular weight is 811 g/mol. The molecule has 6 nitrogen and oxygen atoms in total. The summed E-state index contributed by atoms with van der Waals surface area (Å²) in [4.78, 5) is 37.7. The van der Waals surface area contributed by atoms with Gasteiger partial charge in [-0.25, -0.2) is 0 Å². The molecule has 0 saturated carbocycles. The van der Waals surface area contributed by atoms with Crippen LogP contribution >= 0.6 is 0 Å². The third kappa shape index (κ3) is 44.2. The highest BCUT2D eigenvalue weighted by molar-refractivity contribution is 5.71. The highest BCUT2D eigenvalue weighted by atomic mass is 16.6. The van der Waals surface area contributed by atoms with Gasteiger partial charge in [-0.2, -0.15) is 0 Å². The van der Waals surface area contributed by atoms with Crippen molar-refractivity contribution in [1.82, 2.24) is 0 Å². The molecule has 0 aliphatic carbocycles. The molecule has 0 heterocycles. The van der Waals surface area contributed by atoms with E-state index in [1.807, 2.05) is 0 Å². The summed E-state index contributed by atoms with van der Waals surface area (Å²) >= 11 is 0. The largest absolute Gasteiger partial charge is 0.462 e. The Balaban J connectivity index is 4.33. The Kier molecular flexibility index (Phi) is 44.5. The van der Waals surface area contributed by atoms with Gasteiger partial charge >= 0.3 is 17.9 Å². The highest BCUT2D eigenvalue weighted by Crippen LogP contribution is 2.14. The second kappa shape index (κ2) is 46.8. The van der Waals surface area contributed by atoms with Crippen LogP contribution in [0.15, 0.2) is 60.8 Å². The van der Waals surface area contributed by atoms with Gasteiger partial charge < -0.3 is 14.2 Å². The zero-order chi connectivity index (χ0) is 42.3. The molecule has 1 unspecified atom stereocenters. The molecule has 0 saturated heterocycles. The molecule has 0 fully saturated rings. The normalized spacial score (nSPS) is 12.5. The number of allylic oxidation sites excluding steroid dienone is 10. The van der Waals surface area contributed by atoms with Gasteiger partial charge in [0.05, 0.1) is 0 Å². The summed E-state index contributed by atoms with van der Waals surface area (Å²) in [5.41, 5.74) is 0. The van der Waals surface area contributed by atoms with Crippen molar-refractivity contribution in [3.63, 3.8) is 0 Å². The Morgan fingerprint density at radius 1 is 0.379 bits per heavy atom. The smallest absolute Gasteiger partial charge is 0.306 e. The lowest BCUT2D eigenvalue weighted by Crippen LogP contribution is -2.30. The first-order valence-corrected chi connectivity index (χ1v) is 24.3. The van der Waals surface area contributed by atoms with Crippen LogP contribution in [0, 0.1) is 0 Å². The molecular formula is C52H90O6. The first-order valence-electron chi connectivity index (χ1n) is 24.3. The van der Waals surface area contributed by atoms with Crippen molar-refractivity contribution in [3.05, 3.63) is 60.8 Å². The zero-order valence-corrected chi connectivity index (χ0v) is 38.0. The Hall–Kier alpha value is -2.89. The lowest BCUT2D eigenvalue weighted by molar-refractivity contribution is -0.167. The van der Waals surface area contributed by atoms with Gasteiger partial charge in [-0.3, -0.25) is 14.4 Å². The summed E-state index contributed by atoms with van der Waals surface area (Å²) in [6.07, 6.45) is 56.4. The van der Waals surface area contributed by atoms with E-state index in [-0.39, 0.29) is 37.5 Å². The predicted molar refractivity (Wildman–Crippen MR) is 247 cm³/mol. The van der Waals surface area contributed by atoms with Crippen LogP contribution in [-0.2, 0) is 28.6 Å². The minimum Gasteiger partial charge on any atom is -0.462 e. The van der Waals surface area contributed by atoms with Gasteiger partial charge in [-0.05, 0) is 70.6 Å². The van der Waals surface area contributed by atoms with Crippen molar-refractivity contribution in [2.45, 2.75) is 239 Å². The van der Waals surface area contributed by atoms with E-state index in [2.05, 4.69) is 81.5 Å². The van der Waals surface area contributed by atoms with E-state index < -0.39 is 6.10 Å². The molecule has 1 atom stereocenters. The van der Waals surface area contributed by atoms with Crippen molar-refractivity contribution in [3.8, 4) is 0 Å². The molecule has 6 heteroatoms. The third-order valence-corrected chi connectivity index (χ3v) is 10.3. The summed E-state index contributed by atoms with van der Waals surface area (Å²) in [5.74, 6) is -0.954. The Morgan fingerprint density at radius 2 is 0.741 bits per heavy atom. The van der Waals surface area contributed by atoms with Gasteiger partial charge in [-0.1, -0.05) is 204 Å². The number of esters is 3. The summed E-state index contributed by atoms with van der Waals surface area (Å²) < 4.78 is 16.7. The maximum atomic E-state index is 12.7. The Bertz CT molecular complexity index is 1070. The van der Waals surface area contributed by atoms with E-state index in [9.17, 15) is 14.4 Å². The first kappa shape index (κ1) is 55.1. The molecule has 0 aromatic carbocycles. The van der Waals surface area contributed by atoms with Gasteiger partial charge in [0.2, 0.25) is 0 Å². The van der Waals surface area contributed by atoms with Crippen molar-refractivity contribution in [1.29, 1.82) is 0 Å². The second-order valence-corrected chi connectivity index (χ2v) is 16.0. The van der Waals surface area contributed by atoms with E-state index in [1.54, 1.807) is 0 Å². The van der Waals surface area contributed by atoms with E-state index in [0.29, 0.717) is 19.3 Å². The average Bonchev–Trinajstić information content (AvgIpc) is 3.22. The molecule has 0 aromatic heterocycles. The quantitative estimate of drug-likeness (QED) is 0.0201. The SMILES string of the molecule is CC/C=C\C/C=C\C/C=C\CCCC(=O)OC(COC(=O)CCCCCCCCCCCC)COC(=O)CCCCCCCCCCCC/C=C\C=C/CCCCC. The minimum absolute atomic E-state index is 0.0941. The molecule has 58 heavy (non-hydrogen) atoms. The number of hydrogen-bond acceptors (Lipinski definition) is 6. The molecule has 334 valence electrons. The first-order chi connectivity index (χ1) is 28.5. The number of hydrogen-bond donors (Lipinski definition) is 0. The fourth-order valence-corrected chi connectivity index (χ4v) is 6.63. The maximum absolute atomic E-state index is 12.7. The van der Waals surface area contributed by atoms with E-state index in [0.717, 1.165) is 64.2 Å². The summed E-state index contributed by atoms with van der Waals surface area (Å²) in [7, 11) is 0. The van der Waals surface area contributed by atoms with Crippen molar-refractivity contribution in [2.75, 3.05) is 13.2 Å². The van der Waals surface area contributed by atoms with Crippen LogP contribution in [0.5, 0.6) is 0 Å². The summed E-state index contributed by atoms with van der Waals surface area (Å²) in [6, 6.07) is 0. The molecule has 0 bridgehead atoms. The van der Waals surface area contributed by atoms with Crippen molar-refractivity contribution in [2.24, 2.45) is 0 Å². The molecule has 0 rings (SSSR count). The van der Waals surface area contributed by atoms with Crippen LogP contribution in [-0.4, -0.2) is 37.2 Å². The fraction of sp³-hybridized carbons (Fsp3) is 0.750. The summed E-state index contributed by atoms with van der Waals surface area (Å²) in [5, 5.41) is 0. The molecule has 0 spiro atoms. The van der Waals surface area contributed by atoms with Gasteiger partial charge in [0.25, 0.3) is 0 Å². The van der Waals surface area contributed by atoms with Crippen molar-refractivity contribution < 1.29 is 28.6 Å². The van der Waals surface area contributed by atoms with Gasteiger partial charge in [-0.15, -0.1) is 0 Å². The zero-order valence-electron chi connectivity index (χ0n) is 38.0. The van der Waals surface area contributed by atoms with Crippen molar-refractivity contribution >= 4 is 17.9 Å². The van der Waals surface area contributed by atoms with Crippen LogP contribution in [0.3, 0.4) is 0 Å². The predicted octanol–water partition coefficient (Wildman–Crippen LogP) is 15.7. The third-order valence-electron chi connectivity index (χ3n) is 10.3. The molecular weight excluding hydrogens is 721 g/mol. The number of rotatable bonds is 43. The lowest BCUT2D eigenvalue weighted by Gasteiger charge is -2.18. The summed E-state index contributed by atoms with van der Waals surface area (Å²) in [6.45, 7) is 6.43. The molecule has 0 N–H and O–H groups in total. The highest BCUT2D eigenvalue weighted by Gasteiger charge is 2.19. The number of carbonyl (C=O) groups excluding carboxylic acids is 3. The molecule has 0 aliphatic rings. The lowest BCUT2D eigenvalue weighted by atomic mass is 10.1. The topological polar surface area (TPSA) is 78.9 Å². The standard InChI is InChI=1S/C52H90O6/c1-4-7-10-13-16-19-22-23-24-25-26-27-28-29-31-33-36-39-42-45-51(54)57-48-49(47-56-50(53)44-41-38-35-32-21-18-15-12-9-6-3)58-52(55)46-43-40-37-34-30-20-17-14-11-8-5-2/h8,11,16-17,19-20,22-23,34,37,49H,4-7,9-10,12-15,18,21,24-33,35-36,38-48H2,1-3H3/b11-8-,19-16-,20-17-,23-22-,37-34-. The molecule has 0 radical (unpaired) electrons. The molecule has 0 aliphatic heterocycles. The number of unbranched alkanes of at least 4 members (excludes halogenated alkanes) is 23. The number of carbonyl (C=O) groups is 3. The maximum Gasteiger partial charge on any atom is 0.306 e. The van der Waals surface area contributed by atoms with Crippen LogP contribution < -0.4 is 0 Å². The number of ether oxygens (including phenoxy) is 3. The second-order valence-electron chi connectivity index (χ2n) is 16.0. The monoisotopic (exact) mass is 811 g/mol. The van der Waals surface area contributed by atoms with Gasteiger partial charge in [0.1, 0.15) is 13.2 Å². The van der Waals surface area contributed by atoms with E-state index in [4.69, 9.17) is 14.2 Å². The van der Waals surface area contributed by atoms with Crippen LogP contribution in [0.4, 0.5) is 0 Å². The van der Waals surface area contributed by atoms with Crippen LogP contribution in [0.25, 0.3) is 0 Å². The van der Waals surface area contributed by atoms with E-state index in [1.165, 1.54) is 122 Å². The minimum atomic E-state index is -0.797. The van der Waals surface area contributed by atoms with Gasteiger partial charge in [0, 0.05) is 19.3 Å². The van der Waals surface area contributed by atoms with Crippen LogP contribution in [0.1, 0.15) is 233 Å². The molecule has 0 aromatic rings. The molecule has 0 amide bonds. The van der Waals surface area contributed by atoms with Gasteiger partial charge in [0.15, 0.2) is 6.10 Å². The Morgan fingerprint density at radius 3 is 1.22 bits per heavy atom. The van der Waals surface area contributed by atoms with Crippen LogP contribution in [0.2, 0.25) is 0 Å². The van der Waals surface area contributed by atoms with E-state index >= 15 is 0 Å². The Labute approximate surface area is 358 Å². The fourth-order valence-electron chi connectivity index (χ4n) is 6.63.